The predicted molar refractivity (Wildman–Crippen MR) is 189 cm³/mol. The van der Waals surface area contributed by atoms with Crippen molar-refractivity contribution in [2.45, 2.75) is 0 Å². The molecule has 0 atom stereocenters. The third-order valence-corrected chi connectivity index (χ3v) is 7.01. The molecule has 0 radical (unpaired) electrons. The fourth-order valence-electron chi connectivity index (χ4n) is 4.57. The Labute approximate surface area is 278 Å². The maximum atomic E-state index is 10.1. The molecule has 230 valence electrons. The van der Waals surface area contributed by atoms with E-state index in [0.29, 0.717) is 39.7 Å². The van der Waals surface area contributed by atoms with Gasteiger partial charge in [0, 0.05) is 28.8 Å². The van der Waals surface area contributed by atoms with E-state index in [1.165, 1.54) is 24.3 Å². The summed E-state index contributed by atoms with van der Waals surface area (Å²) in [5, 5.41) is 20.2. The van der Waals surface area contributed by atoms with E-state index in [1.54, 1.807) is 18.2 Å². The standard InChI is InChI=1S/C42H28N2O4/c43-37-27-34(21-24-39(37)45)47-41-32(19-16-29-10-4-1-5-11-29)26-33(20-17-30-12-6-2-7-13-30)42(48-35-22-25-40(46)38(44)28-35)36(41)23-18-31-14-8-3-9-15-31/h1-15,21-22,24-28,45-46H,43-44H2. The SMILES string of the molecule is Nc1cc(Oc2c(C#Cc3ccccc3)cc(C#Cc3ccccc3)c(Oc3ccc(O)c(N)c3)c2C#Cc2ccccc2)ccc1O. The molecule has 0 aliphatic heterocycles. The van der Waals surface area contributed by atoms with Gasteiger partial charge in [-0.3, -0.25) is 0 Å². The molecule has 48 heavy (non-hydrogen) atoms. The van der Waals surface area contributed by atoms with E-state index < -0.39 is 0 Å². The van der Waals surface area contributed by atoms with Crippen LogP contribution < -0.4 is 20.9 Å². The van der Waals surface area contributed by atoms with Crippen LogP contribution in [0, 0.1) is 35.5 Å². The maximum Gasteiger partial charge on any atom is 0.162 e. The van der Waals surface area contributed by atoms with Gasteiger partial charge in [0.05, 0.1) is 22.5 Å². The molecular weight excluding hydrogens is 596 g/mol. The van der Waals surface area contributed by atoms with Gasteiger partial charge in [-0.15, -0.1) is 0 Å². The number of rotatable bonds is 4. The van der Waals surface area contributed by atoms with Gasteiger partial charge in [0.1, 0.15) is 28.6 Å². The third kappa shape index (κ3) is 7.53. The average Bonchev–Trinajstić information content (AvgIpc) is 3.11. The molecule has 6 rings (SSSR count). The van der Waals surface area contributed by atoms with Crippen molar-refractivity contribution in [3.05, 3.63) is 167 Å². The van der Waals surface area contributed by atoms with Gasteiger partial charge >= 0.3 is 0 Å². The number of hydrogen-bond donors (Lipinski definition) is 4. The Morgan fingerprint density at radius 1 is 0.417 bits per heavy atom. The molecule has 0 amide bonds. The fraction of sp³-hybridized carbons (Fsp3) is 0. The molecule has 6 aromatic rings. The molecule has 0 aliphatic carbocycles. The molecule has 6 aromatic carbocycles. The summed E-state index contributed by atoms with van der Waals surface area (Å²) in [6, 6.07) is 39.5. The van der Waals surface area contributed by atoms with E-state index in [9.17, 15) is 10.2 Å². The van der Waals surface area contributed by atoms with Crippen molar-refractivity contribution in [1.82, 2.24) is 0 Å². The second-order valence-corrected chi connectivity index (χ2v) is 10.5. The number of benzene rings is 6. The maximum absolute atomic E-state index is 10.1. The minimum atomic E-state index is -0.0731. The third-order valence-electron chi connectivity index (χ3n) is 7.01. The van der Waals surface area contributed by atoms with Crippen LogP contribution in [0.1, 0.15) is 33.4 Å². The van der Waals surface area contributed by atoms with Crippen molar-refractivity contribution in [3.63, 3.8) is 0 Å². The highest BCUT2D eigenvalue weighted by Gasteiger charge is 2.21. The lowest BCUT2D eigenvalue weighted by Crippen LogP contribution is -2.01. The van der Waals surface area contributed by atoms with Gasteiger partial charge in [-0.2, -0.15) is 0 Å². The van der Waals surface area contributed by atoms with E-state index in [0.717, 1.165) is 16.7 Å². The van der Waals surface area contributed by atoms with Crippen molar-refractivity contribution in [2.75, 3.05) is 11.5 Å². The quantitative estimate of drug-likeness (QED) is 0.0898. The van der Waals surface area contributed by atoms with Crippen LogP contribution in [0.25, 0.3) is 0 Å². The molecule has 0 aromatic heterocycles. The number of nitrogen functional groups attached to an aromatic ring is 2. The monoisotopic (exact) mass is 624 g/mol. The van der Waals surface area contributed by atoms with Gasteiger partial charge in [-0.25, -0.2) is 0 Å². The van der Waals surface area contributed by atoms with Crippen LogP contribution in [0.2, 0.25) is 0 Å². The molecular formula is C42H28N2O4. The zero-order valence-corrected chi connectivity index (χ0v) is 25.6. The Hall–Kier alpha value is -7.20. The molecule has 0 saturated heterocycles. The molecule has 6 N–H and O–H groups in total. The van der Waals surface area contributed by atoms with Crippen molar-refractivity contribution in [3.8, 4) is 70.0 Å². The lowest BCUT2D eigenvalue weighted by Gasteiger charge is -2.17. The van der Waals surface area contributed by atoms with Crippen molar-refractivity contribution < 1.29 is 19.7 Å². The summed E-state index contributed by atoms with van der Waals surface area (Å²) in [6.07, 6.45) is 0. The topological polar surface area (TPSA) is 111 Å². The lowest BCUT2D eigenvalue weighted by molar-refractivity contribution is 0.450. The van der Waals surface area contributed by atoms with E-state index in [-0.39, 0.29) is 22.9 Å². The normalized spacial score (nSPS) is 9.92. The van der Waals surface area contributed by atoms with E-state index in [4.69, 9.17) is 20.9 Å². The summed E-state index contributed by atoms with van der Waals surface area (Å²) in [7, 11) is 0. The number of aromatic hydroxyl groups is 2. The summed E-state index contributed by atoms with van der Waals surface area (Å²) in [6.45, 7) is 0. The minimum absolute atomic E-state index is 0.0731. The summed E-state index contributed by atoms with van der Waals surface area (Å²) in [4.78, 5) is 0. The van der Waals surface area contributed by atoms with Gasteiger partial charge in [0.2, 0.25) is 0 Å². The van der Waals surface area contributed by atoms with Crippen LogP contribution in [0.3, 0.4) is 0 Å². The van der Waals surface area contributed by atoms with Crippen molar-refractivity contribution in [2.24, 2.45) is 0 Å². The fourth-order valence-corrected chi connectivity index (χ4v) is 4.57. The summed E-state index contributed by atoms with van der Waals surface area (Å²) in [5.41, 5.74) is 16.0. The first-order chi connectivity index (χ1) is 23.4. The number of phenols is 2. The van der Waals surface area contributed by atoms with E-state index in [1.807, 2.05) is 91.0 Å². The number of hydrogen-bond acceptors (Lipinski definition) is 6. The predicted octanol–water partition coefficient (Wildman–Crippen LogP) is 8.05. The van der Waals surface area contributed by atoms with Crippen LogP contribution >= 0.6 is 0 Å². The Balaban J connectivity index is 1.65. The molecule has 0 unspecified atom stereocenters. The average molecular weight is 625 g/mol. The summed E-state index contributed by atoms with van der Waals surface area (Å²) in [5.74, 6) is 20.6. The van der Waals surface area contributed by atoms with Crippen LogP contribution in [0.15, 0.2) is 133 Å². The van der Waals surface area contributed by atoms with Crippen molar-refractivity contribution >= 4 is 11.4 Å². The zero-order valence-electron chi connectivity index (χ0n) is 25.6. The van der Waals surface area contributed by atoms with Gasteiger partial charge in [-0.1, -0.05) is 90.1 Å². The van der Waals surface area contributed by atoms with Crippen LogP contribution in [0.4, 0.5) is 11.4 Å². The molecule has 0 spiro atoms. The Bertz CT molecular complexity index is 2150. The molecule has 6 nitrogen and oxygen atoms in total. The second-order valence-electron chi connectivity index (χ2n) is 10.5. The molecule has 0 bridgehead atoms. The number of anilines is 2. The first-order valence-electron chi connectivity index (χ1n) is 14.9. The van der Waals surface area contributed by atoms with Crippen LogP contribution in [-0.4, -0.2) is 10.2 Å². The van der Waals surface area contributed by atoms with E-state index >= 15 is 0 Å². The Morgan fingerprint density at radius 2 is 0.792 bits per heavy atom. The number of ether oxygens (including phenoxy) is 2. The number of nitrogens with two attached hydrogens (primary N) is 2. The first-order valence-corrected chi connectivity index (χ1v) is 14.9. The zero-order chi connectivity index (χ0) is 33.3. The molecule has 0 fully saturated rings. The van der Waals surface area contributed by atoms with E-state index in [2.05, 4.69) is 35.5 Å². The molecule has 0 aliphatic rings. The Kier molecular flexibility index (Phi) is 9.16. The van der Waals surface area contributed by atoms with Crippen molar-refractivity contribution in [1.29, 1.82) is 0 Å². The molecule has 6 heteroatoms. The molecule has 0 saturated carbocycles. The highest BCUT2D eigenvalue weighted by Crippen LogP contribution is 2.41. The first kappa shape index (κ1) is 30.8. The second kappa shape index (κ2) is 14.3. The lowest BCUT2D eigenvalue weighted by atomic mass is 10.0. The van der Waals surface area contributed by atoms with Crippen LogP contribution in [-0.2, 0) is 0 Å². The van der Waals surface area contributed by atoms with Gasteiger partial charge in [0.25, 0.3) is 0 Å². The van der Waals surface area contributed by atoms with Gasteiger partial charge in [-0.05, 0) is 66.7 Å². The highest BCUT2D eigenvalue weighted by atomic mass is 16.5. The highest BCUT2D eigenvalue weighted by molar-refractivity contribution is 5.72. The molecule has 0 heterocycles. The minimum Gasteiger partial charge on any atom is -0.506 e. The smallest absolute Gasteiger partial charge is 0.162 e. The van der Waals surface area contributed by atoms with Crippen LogP contribution in [0.5, 0.6) is 34.5 Å². The van der Waals surface area contributed by atoms with Gasteiger partial charge < -0.3 is 31.2 Å². The summed E-state index contributed by atoms with van der Waals surface area (Å²) >= 11 is 0. The Morgan fingerprint density at radius 3 is 1.17 bits per heavy atom. The summed E-state index contributed by atoms with van der Waals surface area (Å²) < 4.78 is 13.0. The largest absolute Gasteiger partial charge is 0.506 e. The van der Waals surface area contributed by atoms with Gasteiger partial charge in [0.15, 0.2) is 11.5 Å². The number of phenolic OH excluding ortho intramolecular Hbond substituents is 2.